The van der Waals surface area contributed by atoms with Crippen LogP contribution in [0, 0.1) is 0 Å². The minimum absolute atomic E-state index is 0.702. The predicted octanol–water partition coefficient (Wildman–Crippen LogP) is 2.75. The Morgan fingerprint density at radius 3 is 2.67 bits per heavy atom. The highest BCUT2D eigenvalue weighted by molar-refractivity contribution is 7.99. The minimum atomic E-state index is 0.702. The lowest BCUT2D eigenvalue weighted by atomic mass is 9.95. The Balaban J connectivity index is 1.79. The maximum absolute atomic E-state index is 4.49. The van der Waals surface area contributed by atoms with Crippen LogP contribution in [0.5, 0.6) is 0 Å². The van der Waals surface area contributed by atoms with Gasteiger partial charge >= 0.3 is 0 Å². The lowest BCUT2D eigenvalue weighted by Crippen LogP contribution is -2.33. The molecule has 4 heteroatoms. The molecule has 1 aromatic rings. The molecular weight excluding hydrogens is 242 g/mol. The van der Waals surface area contributed by atoms with E-state index in [0.29, 0.717) is 6.04 Å². The first-order valence-electron chi connectivity index (χ1n) is 7.01. The topological polar surface area (TPSA) is 29.9 Å². The second kappa shape index (κ2) is 6.62. The molecule has 2 rings (SSSR count). The Bertz CT molecular complexity index is 367. The summed E-state index contributed by atoms with van der Waals surface area (Å²) < 4.78 is 2.01. The molecule has 1 aliphatic rings. The molecule has 0 amide bonds. The molecule has 0 saturated heterocycles. The van der Waals surface area contributed by atoms with Crippen molar-refractivity contribution in [3.8, 4) is 0 Å². The third-order valence-corrected chi connectivity index (χ3v) is 5.11. The van der Waals surface area contributed by atoms with Gasteiger partial charge < -0.3 is 5.32 Å². The predicted molar refractivity (Wildman–Crippen MR) is 79.0 cm³/mol. The molecule has 0 spiro atoms. The lowest BCUT2D eigenvalue weighted by Gasteiger charge is -2.28. The summed E-state index contributed by atoms with van der Waals surface area (Å²) in [4.78, 5) is 0. The van der Waals surface area contributed by atoms with Crippen LogP contribution in [0.25, 0.3) is 0 Å². The summed E-state index contributed by atoms with van der Waals surface area (Å²) in [5.41, 5.74) is 2.50. The number of hydrogen-bond donors (Lipinski definition) is 1. The van der Waals surface area contributed by atoms with Crippen LogP contribution >= 0.6 is 11.8 Å². The highest BCUT2D eigenvalue weighted by atomic mass is 32.2. The van der Waals surface area contributed by atoms with Crippen molar-refractivity contribution in [2.75, 3.05) is 6.26 Å². The third-order valence-electron chi connectivity index (χ3n) is 3.97. The van der Waals surface area contributed by atoms with E-state index >= 15 is 0 Å². The van der Waals surface area contributed by atoms with Crippen LogP contribution in [-0.2, 0) is 20.0 Å². The highest BCUT2D eigenvalue weighted by Gasteiger charge is 2.20. The molecule has 0 aromatic carbocycles. The minimum Gasteiger partial charge on any atom is -0.308 e. The largest absolute Gasteiger partial charge is 0.308 e. The summed E-state index contributed by atoms with van der Waals surface area (Å²) in [5, 5.41) is 9.08. The van der Waals surface area contributed by atoms with E-state index in [2.05, 4.69) is 29.7 Å². The molecule has 1 aromatic heterocycles. The number of thioether (sulfide) groups is 1. The molecule has 0 radical (unpaired) electrons. The second-order valence-electron chi connectivity index (χ2n) is 5.19. The Hall–Kier alpha value is -0.480. The van der Waals surface area contributed by atoms with Gasteiger partial charge in [-0.05, 0) is 44.4 Å². The van der Waals surface area contributed by atoms with Crippen molar-refractivity contribution >= 4 is 11.8 Å². The fraction of sp³-hybridized carbons (Fsp3) is 0.786. The van der Waals surface area contributed by atoms with Gasteiger partial charge in [0.2, 0.25) is 0 Å². The molecular formula is C14H25N3S. The van der Waals surface area contributed by atoms with Gasteiger partial charge in [0.25, 0.3) is 0 Å². The summed E-state index contributed by atoms with van der Waals surface area (Å²) in [6, 6.07) is 2.92. The fourth-order valence-electron chi connectivity index (χ4n) is 2.66. The Labute approximate surface area is 115 Å². The van der Waals surface area contributed by atoms with Crippen LogP contribution in [0.15, 0.2) is 6.07 Å². The van der Waals surface area contributed by atoms with E-state index in [-0.39, 0.29) is 0 Å². The van der Waals surface area contributed by atoms with Gasteiger partial charge in [0.1, 0.15) is 0 Å². The van der Waals surface area contributed by atoms with E-state index in [1.807, 2.05) is 23.5 Å². The number of aromatic nitrogens is 2. The Kier molecular flexibility index (Phi) is 5.13. The summed E-state index contributed by atoms with van der Waals surface area (Å²) in [7, 11) is 2.04. The zero-order valence-corrected chi connectivity index (χ0v) is 12.6. The molecule has 1 heterocycles. The zero-order valence-electron chi connectivity index (χ0n) is 11.8. The van der Waals surface area contributed by atoms with Gasteiger partial charge in [0.15, 0.2) is 0 Å². The number of nitrogens with one attached hydrogen (secondary N) is 1. The highest BCUT2D eigenvalue weighted by Crippen LogP contribution is 2.26. The van der Waals surface area contributed by atoms with E-state index in [9.17, 15) is 0 Å². The van der Waals surface area contributed by atoms with Gasteiger partial charge in [-0.1, -0.05) is 6.92 Å². The average Bonchev–Trinajstić information content (AvgIpc) is 2.77. The quantitative estimate of drug-likeness (QED) is 0.889. The molecule has 1 aliphatic carbocycles. The van der Waals surface area contributed by atoms with Crippen molar-refractivity contribution in [1.82, 2.24) is 15.1 Å². The second-order valence-corrected chi connectivity index (χ2v) is 6.33. The molecule has 1 saturated carbocycles. The molecule has 1 fully saturated rings. The molecule has 1 N–H and O–H groups in total. The van der Waals surface area contributed by atoms with Crippen LogP contribution in [0.2, 0.25) is 0 Å². The first kappa shape index (κ1) is 13.9. The van der Waals surface area contributed by atoms with Crippen LogP contribution in [0.3, 0.4) is 0 Å². The molecule has 0 unspecified atom stereocenters. The van der Waals surface area contributed by atoms with Crippen LogP contribution in [0.1, 0.15) is 44.0 Å². The molecule has 18 heavy (non-hydrogen) atoms. The van der Waals surface area contributed by atoms with Gasteiger partial charge in [0.05, 0.1) is 11.4 Å². The normalized spacial score (nSPS) is 24.4. The summed E-state index contributed by atoms with van der Waals surface area (Å²) in [5.74, 6) is 0. The SMILES string of the molecule is CCc1cc(CNC2CCC(SC)CC2)n(C)n1. The van der Waals surface area contributed by atoms with Crippen LogP contribution in [-0.4, -0.2) is 27.3 Å². The van der Waals surface area contributed by atoms with Crippen molar-refractivity contribution < 1.29 is 0 Å². The van der Waals surface area contributed by atoms with E-state index in [4.69, 9.17) is 0 Å². The molecule has 0 aliphatic heterocycles. The van der Waals surface area contributed by atoms with Gasteiger partial charge in [0, 0.05) is 24.9 Å². The summed E-state index contributed by atoms with van der Waals surface area (Å²) in [6.07, 6.45) is 8.63. The van der Waals surface area contributed by atoms with Crippen LogP contribution in [0.4, 0.5) is 0 Å². The Morgan fingerprint density at radius 1 is 1.39 bits per heavy atom. The summed E-state index contributed by atoms with van der Waals surface area (Å²) in [6.45, 7) is 3.11. The number of rotatable bonds is 5. The van der Waals surface area contributed by atoms with Crippen molar-refractivity contribution in [3.05, 3.63) is 17.5 Å². The smallest absolute Gasteiger partial charge is 0.0625 e. The van der Waals surface area contributed by atoms with E-state index < -0.39 is 0 Å². The molecule has 3 nitrogen and oxygen atoms in total. The van der Waals surface area contributed by atoms with Gasteiger partial charge in [-0.15, -0.1) is 0 Å². The Morgan fingerprint density at radius 2 is 2.11 bits per heavy atom. The van der Waals surface area contributed by atoms with Crippen LogP contribution < -0.4 is 5.32 Å². The first-order chi connectivity index (χ1) is 8.72. The van der Waals surface area contributed by atoms with Gasteiger partial charge in [-0.3, -0.25) is 4.68 Å². The summed E-state index contributed by atoms with van der Waals surface area (Å²) >= 11 is 2.03. The van der Waals surface area contributed by atoms with E-state index in [1.165, 1.54) is 37.1 Å². The van der Waals surface area contributed by atoms with Crippen molar-refractivity contribution in [3.63, 3.8) is 0 Å². The molecule has 0 atom stereocenters. The fourth-order valence-corrected chi connectivity index (χ4v) is 3.40. The van der Waals surface area contributed by atoms with Crippen molar-refractivity contribution in [2.24, 2.45) is 7.05 Å². The molecule has 102 valence electrons. The lowest BCUT2D eigenvalue weighted by molar-refractivity contribution is 0.375. The van der Waals surface area contributed by atoms with Crippen molar-refractivity contribution in [1.29, 1.82) is 0 Å². The van der Waals surface area contributed by atoms with Gasteiger partial charge in [-0.2, -0.15) is 16.9 Å². The maximum atomic E-state index is 4.49. The van der Waals surface area contributed by atoms with Crippen molar-refractivity contribution in [2.45, 2.75) is 56.9 Å². The maximum Gasteiger partial charge on any atom is 0.0625 e. The molecule has 0 bridgehead atoms. The van der Waals surface area contributed by atoms with E-state index in [0.717, 1.165) is 18.2 Å². The zero-order chi connectivity index (χ0) is 13.0. The third kappa shape index (κ3) is 3.51. The average molecular weight is 267 g/mol. The number of nitrogens with zero attached hydrogens (tertiary/aromatic N) is 2. The number of aryl methyl sites for hydroxylation is 2. The number of hydrogen-bond acceptors (Lipinski definition) is 3. The standard InChI is InChI=1S/C14H25N3S/c1-4-11-9-13(17(2)16-11)10-15-12-5-7-14(18-3)8-6-12/h9,12,14-15H,4-8,10H2,1-3H3. The van der Waals surface area contributed by atoms with E-state index in [1.54, 1.807) is 0 Å². The van der Waals surface area contributed by atoms with Gasteiger partial charge in [-0.25, -0.2) is 0 Å². The monoisotopic (exact) mass is 267 g/mol. The first-order valence-corrected chi connectivity index (χ1v) is 8.29.